The van der Waals surface area contributed by atoms with Gasteiger partial charge in [0.25, 0.3) is 5.91 Å². The van der Waals surface area contributed by atoms with Crippen LogP contribution in [0.25, 0.3) is 0 Å². The van der Waals surface area contributed by atoms with Gasteiger partial charge in [-0.2, -0.15) is 0 Å². The fraction of sp³-hybridized carbons (Fsp3) is 0.375. The van der Waals surface area contributed by atoms with E-state index >= 15 is 0 Å². The minimum absolute atomic E-state index is 0.172. The molecule has 0 atom stereocenters. The first-order valence-electron chi connectivity index (χ1n) is 7.16. The van der Waals surface area contributed by atoms with Crippen molar-refractivity contribution in [2.45, 2.75) is 13.8 Å². The second kappa shape index (κ2) is 5.85. The molecule has 110 valence electrons. The topological polar surface area (TPSA) is 36.4 Å². The molecule has 0 radical (unpaired) electrons. The molecule has 1 aliphatic heterocycles. The highest BCUT2D eigenvalue weighted by Gasteiger charge is 2.24. The maximum atomic E-state index is 12.6. The van der Waals surface area contributed by atoms with Crippen molar-refractivity contribution in [3.63, 3.8) is 0 Å². The number of hydrogen-bond donors (Lipinski definition) is 0. The lowest BCUT2D eigenvalue weighted by Gasteiger charge is -2.36. The number of aryl methyl sites for hydroxylation is 2. The average Bonchev–Trinajstić information content (AvgIpc) is 2.86. The molecule has 0 aromatic carbocycles. The highest BCUT2D eigenvalue weighted by atomic mass is 32.1. The van der Waals surface area contributed by atoms with Crippen molar-refractivity contribution >= 4 is 22.9 Å². The van der Waals surface area contributed by atoms with E-state index in [-0.39, 0.29) is 5.91 Å². The van der Waals surface area contributed by atoms with Gasteiger partial charge >= 0.3 is 0 Å². The monoisotopic (exact) mass is 301 g/mol. The van der Waals surface area contributed by atoms with Crippen LogP contribution in [0.1, 0.15) is 20.1 Å². The van der Waals surface area contributed by atoms with Gasteiger partial charge in [-0.05, 0) is 32.0 Å². The van der Waals surface area contributed by atoms with Crippen molar-refractivity contribution in [1.29, 1.82) is 0 Å². The summed E-state index contributed by atoms with van der Waals surface area (Å²) in [5.41, 5.74) is 2.05. The lowest BCUT2D eigenvalue weighted by Crippen LogP contribution is -2.48. The maximum Gasteiger partial charge on any atom is 0.255 e. The third-order valence-electron chi connectivity index (χ3n) is 3.87. The quantitative estimate of drug-likeness (QED) is 0.856. The summed E-state index contributed by atoms with van der Waals surface area (Å²) in [6.45, 7) is 7.37. The van der Waals surface area contributed by atoms with E-state index < -0.39 is 0 Å². The fourth-order valence-electron chi connectivity index (χ4n) is 2.74. The molecule has 4 nitrogen and oxygen atoms in total. The number of rotatable bonds is 2. The van der Waals surface area contributed by atoms with E-state index in [4.69, 9.17) is 0 Å². The Hall–Kier alpha value is -1.88. The molecular weight excluding hydrogens is 282 g/mol. The van der Waals surface area contributed by atoms with E-state index in [1.807, 2.05) is 42.4 Å². The molecular formula is C16H19N3OS. The zero-order chi connectivity index (χ0) is 14.8. The Kier molecular flexibility index (Phi) is 3.92. The predicted molar refractivity (Wildman–Crippen MR) is 86.1 cm³/mol. The SMILES string of the molecule is Cc1cc(C(=O)N2CCN(c3ccncc3)CC2)c(C)s1. The molecule has 3 heterocycles. The van der Waals surface area contributed by atoms with Gasteiger partial charge in [0.05, 0.1) is 5.56 Å². The molecule has 2 aromatic rings. The van der Waals surface area contributed by atoms with Gasteiger partial charge < -0.3 is 9.80 Å². The molecule has 0 bridgehead atoms. The summed E-state index contributed by atoms with van der Waals surface area (Å²) in [4.78, 5) is 23.2. The Labute approximate surface area is 129 Å². The van der Waals surface area contributed by atoms with Crippen molar-refractivity contribution in [3.05, 3.63) is 45.9 Å². The molecule has 1 saturated heterocycles. The maximum absolute atomic E-state index is 12.6. The molecule has 0 spiro atoms. The van der Waals surface area contributed by atoms with E-state index in [0.717, 1.165) is 36.6 Å². The molecule has 1 amide bonds. The van der Waals surface area contributed by atoms with Gasteiger partial charge in [0, 0.05) is 54.0 Å². The molecule has 21 heavy (non-hydrogen) atoms. The summed E-state index contributed by atoms with van der Waals surface area (Å²) < 4.78 is 0. The van der Waals surface area contributed by atoms with Gasteiger partial charge in [-0.1, -0.05) is 0 Å². The highest BCUT2D eigenvalue weighted by molar-refractivity contribution is 7.12. The third kappa shape index (κ3) is 2.93. The van der Waals surface area contributed by atoms with Crippen molar-refractivity contribution in [2.24, 2.45) is 0 Å². The molecule has 1 aliphatic rings. The summed E-state index contributed by atoms with van der Waals surface area (Å²) in [6.07, 6.45) is 3.62. The number of pyridine rings is 1. The van der Waals surface area contributed by atoms with Crippen molar-refractivity contribution in [1.82, 2.24) is 9.88 Å². The predicted octanol–water partition coefficient (Wildman–Crippen LogP) is 2.72. The van der Waals surface area contributed by atoms with Crippen LogP contribution in [0.3, 0.4) is 0 Å². The Morgan fingerprint density at radius 2 is 1.81 bits per heavy atom. The van der Waals surface area contributed by atoms with Gasteiger partial charge in [0.15, 0.2) is 0 Å². The number of aromatic nitrogens is 1. The van der Waals surface area contributed by atoms with Crippen LogP contribution < -0.4 is 4.90 Å². The fourth-order valence-corrected chi connectivity index (χ4v) is 3.65. The lowest BCUT2D eigenvalue weighted by atomic mass is 10.2. The minimum atomic E-state index is 0.172. The molecule has 0 unspecified atom stereocenters. The number of hydrogen-bond acceptors (Lipinski definition) is 4. The van der Waals surface area contributed by atoms with E-state index in [2.05, 4.69) is 16.8 Å². The average molecular weight is 301 g/mol. The molecule has 0 aliphatic carbocycles. The molecule has 0 N–H and O–H groups in total. The summed E-state index contributed by atoms with van der Waals surface area (Å²) in [5.74, 6) is 0.172. The molecule has 2 aromatic heterocycles. The Balaban J connectivity index is 1.66. The minimum Gasteiger partial charge on any atom is -0.368 e. The molecule has 1 fully saturated rings. The number of nitrogens with zero attached hydrogens (tertiary/aromatic N) is 3. The lowest BCUT2D eigenvalue weighted by molar-refractivity contribution is 0.0746. The van der Waals surface area contributed by atoms with Crippen LogP contribution >= 0.6 is 11.3 Å². The van der Waals surface area contributed by atoms with Crippen LogP contribution in [0.4, 0.5) is 5.69 Å². The highest BCUT2D eigenvalue weighted by Crippen LogP contribution is 2.23. The number of piperazine rings is 1. The van der Waals surface area contributed by atoms with E-state index in [0.29, 0.717) is 0 Å². The van der Waals surface area contributed by atoms with Crippen LogP contribution in [0.2, 0.25) is 0 Å². The first kappa shape index (κ1) is 14.1. The van der Waals surface area contributed by atoms with Crippen LogP contribution in [0, 0.1) is 13.8 Å². The van der Waals surface area contributed by atoms with Gasteiger partial charge in [-0.25, -0.2) is 0 Å². The van der Waals surface area contributed by atoms with Gasteiger partial charge in [-0.3, -0.25) is 9.78 Å². The van der Waals surface area contributed by atoms with Gasteiger partial charge in [0.1, 0.15) is 0 Å². The number of amides is 1. The Morgan fingerprint density at radius 1 is 1.14 bits per heavy atom. The summed E-state index contributed by atoms with van der Waals surface area (Å²) in [6, 6.07) is 6.05. The summed E-state index contributed by atoms with van der Waals surface area (Å²) in [5, 5.41) is 0. The summed E-state index contributed by atoms with van der Waals surface area (Å²) >= 11 is 1.69. The number of thiophene rings is 1. The Morgan fingerprint density at radius 3 is 2.38 bits per heavy atom. The van der Waals surface area contributed by atoms with E-state index in [1.54, 1.807) is 11.3 Å². The van der Waals surface area contributed by atoms with Crippen LogP contribution in [0.15, 0.2) is 30.6 Å². The van der Waals surface area contributed by atoms with Crippen molar-refractivity contribution < 1.29 is 4.79 Å². The summed E-state index contributed by atoms with van der Waals surface area (Å²) in [7, 11) is 0. The zero-order valence-electron chi connectivity index (χ0n) is 12.4. The van der Waals surface area contributed by atoms with Crippen molar-refractivity contribution in [3.8, 4) is 0 Å². The second-order valence-electron chi connectivity index (χ2n) is 5.31. The largest absolute Gasteiger partial charge is 0.368 e. The smallest absolute Gasteiger partial charge is 0.255 e. The zero-order valence-corrected chi connectivity index (χ0v) is 13.2. The molecule has 0 saturated carbocycles. The van der Waals surface area contributed by atoms with Crippen LogP contribution in [-0.4, -0.2) is 42.0 Å². The van der Waals surface area contributed by atoms with E-state index in [1.165, 1.54) is 10.6 Å². The Bertz CT molecular complexity index is 630. The van der Waals surface area contributed by atoms with Crippen molar-refractivity contribution in [2.75, 3.05) is 31.1 Å². The number of carbonyl (C=O) groups is 1. The molecule has 5 heteroatoms. The number of anilines is 1. The third-order valence-corrected chi connectivity index (χ3v) is 4.83. The first-order valence-corrected chi connectivity index (χ1v) is 7.98. The number of carbonyl (C=O) groups excluding carboxylic acids is 1. The first-order chi connectivity index (χ1) is 10.1. The molecule has 3 rings (SSSR count). The second-order valence-corrected chi connectivity index (χ2v) is 6.77. The van der Waals surface area contributed by atoms with Crippen LogP contribution in [-0.2, 0) is 0 Å². The van der Waals surface area contributed by atoms with Gasteiger partial charge in [-0.15, -0.1) is 11.3 Å². The van der Waals surface area contributed by atoms with E-state index in [9.17, 15) is 4.79 Å². The van der Waals surface area contributed by atoms with Gasteiger partial charge in [0.2, 0.25) is 0 Å². The normalized spacial score (nSPS) is 15.3. The van der Waals surface area contributed by atoms with Crippen LogP contribution in [0.5, 0.6) is 0 Å². The standard InChI is InChI=1S/C16H19N3OS/c1-12-11-15(13(2)21-12)16(20)19-9-7-18(8-10-19)14-3-5-17-6-4-14/h3-6,11H,7-10H2,1-2H3.